The fourth-order valence-electron chi connectivity index (χ4n) is 1.48. The number of rotatable bonds is 2. The highest BCUT2D eigenvalue weighted by molar-refractivity contribution is 5.85. The van der Waals surface area contributed by atoms with Crippen LogP contribution in [0.25, 0.3) is 0 Å². The molecule has 0 saturated carbocycles. The van der Waals surface area contributed by atoms with Crippen LogP contribution >= 0.6 is 12.4 Å². The van der Waals surface area contributed by atoms with Crippen molar-refractivity contribution in [2.45, 2.75) is 39.7 Å². The Morgan fingerprint density at radius 2 is 1.69 bits per heavy atom. The maximum absolute atomic E-state index is 9.80. The molecule has 0 aromatic carbocycles. The van der Waals surface area contributed by atoms with E-state index in [1.807, 2.05) is 0 Å². The lowest BCUT2D eigenvalue weighted by atomic mass is 9.89. The van der Waals surface area contributed by atoms with Crippen LogP contribution in [-0.4, -0.2) is 35.7 Å². The highest BCUT2D eigenvalue weighted by Gasteiger charge is 2.25. The Labute approximate surface area is 87.7 Å². The van der Waals surface area contributed by atoms with Crippen LogP contribution in [0.15, 0.2) is 0 Å². The van der Waals surface area contributed by atoms with E-state index in [0.29, 0.717) is 0 Å². The van der Waals surface area contributed by atoms with Crippen molar-refractivity contribution in [3.8, 4) is 0 Å². The van der Waals surface area contributed by atoms with Crippen LogP contribution in [0, 0.1) is 5.41 Å². The zero-order valence-corrected chi connectivity index (χ0v) is 9.73. The summed E-state index contributed by atoms with van der Waals surface area (Å²) >= 11 is 0. The molecule has 0 aliphatic carbocycles. The Balaban J connectivity index is 0.00000144. The predicted molar refractivity (Wildman–Crippen MR) is 58.4 cm³/mol. The molecule has 0 radical (unpaired) electrons. The number of likely N-dealkylation sites (tertiary alicyclic amines) is 1. The quantitative estimate of drug-likeness (QED) is 0.748. The van der Waals surface area contributed by atoms with Gasteiger partial charge in [0.05, 0.1) is 6.10 Å². The standard InChI is InChI=1S/C10H21NO.ClH/c1-10(2,3)9(12)8-11-6-4-5-7-11;/h9,12H,4-8H2,1-3H3;1H. The SMILES string of the molecule is CC(C)(C)C(O)CN1CCCC1.Cl. The lowest BCUT2D eigenvalue weighted by molar-refractivity contribution is 0.0345. The van der Waals surface area contributed by atoms with Crippen molar-refractivity contribution in [2.75, 3.05) is 19.6 Å². The second-order valence-corrected chi connectivity index (χ2v) is 4.89. The van der Waals surface area contributed by atoms with Gasteiger partial charge in [-0.1, -0.05) is 20.8 Å². The number of nitrogens with zero attached hydrogens (tertiary/aromatic N) is 1. The topological polar surface area (TPSA) is 23.5 Å². The van der Waals surface area contributed by atoms with Crippen molar-refractivity contribution in [3.63, 3.8) is 0 Å². The molecule has 80 valence electrons. The summed E-state index contributed by atoms with van der Waals surface area (Å²) in [6, 6.07) is 0. The van der Waals surface area contributed by atoms with Gasteiger partial charge in [-0.2, -0.15) is 0 Å². The molecule has 3 heteroatoms. The van der Waals surface area contributed by atoms with Crippen molar-refractivity contribution in [3.05, 3.63) is 0 Å². The molecule has 1 aliphatic heterocycles. The first-order valence-electron chi connectivity index (χ1n) is 4.90. The number of halogens is 1. The van der Waals surface area contributed by atoms with Crippen molar-refractivity contribution >= 4 is 12.4 Å². The third kappa shape index (κ3) is 4.30. The second kappa shape index (κ2) is 5.18. The summed E-state index contributed by atoms with van der Waals surface area (Å²) in [7, 11) is 0. The molecule has 13 heavy (non-hydrogen) atoms. The van der Waals surface area contributed by atoms with Crippen LogP contribution in [0.3, 0.4) is 0 Å². The summed E-state index contributed by atoms with van der Waals surface area (Å²) in [5, 5.41) is 9.80. The average molecular weight is 208 g/mol. The Morgan fingerprint density at radius 3 is 2.08 bits per heavy atom. The van der Waals surface area contributed by atoms with E-state index >= 15 is 0 Å². The van der Waals surface area contributed by atoms with Crippen LogP contribution in [0.2, 0.25) is 0 Å². The molecular weight excluding hydrogens is 186 g/mol. The van der Waals surface area contributed by atoms with E-state index in [1.165, 1.54) is 25.9 Å². The number of hydrogen-bond acceptors (Lipinski definition) is 2. The van der Waals surface area contributed by atoms with Gasteiger partial charge in [0.1, 0.15) is 0 Å². The van der Waals surface area contributed by atoms with Crippen molar-refractivity contribution in [2.24, 2.45) is 5.41 Å². The monoisotopic (exact) mass is 207 g/mol. The molecule has 1 unspecified atom stereocenters. The zero-order chi connectivity index (χ0) is 9.19. The molecule has 0 amide bonds. The molecule has 1 rings (SSSR count). The van der Waals surface area contributed by atoms with Gasteiger partial charge in [0.2, 0.25) is 0 Å². The molecule has 1 heterocycles. The lowest BCUT2D eigenvalue weighted by Gasteiger charge is -2.29. The zero-order valence-electron chi connectivity index (χ0n) is 8.92. The minimum absolute atomic E-state index is 0. The molecule has 1 saturated heterocycles. The van der Waals surface area contributed by atoms with Gasteiger partial charge in [0, 0.05) is 6.54 Å². The second-order valence-electron chi connectivity index (χ2n) is 4.89. The van der Waals surface area contributed by atoms with E-state index in [2.05, 4.69) is 25.7 Å². The third-order valence-corrected chi connectivity index (χ3v) is 2.63. The predicted octanol–water partition coefficient (Wildman–Crippen LogP) is 1.91. The molecule has 2 nitrogen and oxygen atoms in total. The van der Waals surface area contributed by atoms with Crippen LogP contribution in [0.5, 0.6) is 0 Å². The van der Waals surface area contributed by atoms with Crippen LogP contribution in [0.1, 0.15) is 33.6 Å². The highest BCUT2D eigenvalue weighted by atomic mass is 35.5. The Hall–Kier alpha value is 0.210. The van der Waals surface area contributed by atoms with Gasteiger partial charge < -0.3 is 10.0 Å². The Bertz CT molecular complexity index is 138. The van der Waals surface area contributed by atoms with E-state index in [1.54, 1.807) is 0 Å². The summed E-state index contributed by atoms with van der Waals surface area (Å²) in [5.41, 5.74) is 0.0303. The van der Waals surface area contributed by atoms with E-state index in [4.69, 9.17) is 0 Å². The number of hydrogen-bond donors (Lipinski definition) is 1. The summed E-state index contributed by atoms with van der Waals surface area (Å²) < 4.78 is 0. The smallest absolute Gasteiger partial charge is 0.0715 e. The van der Waals surface area contributed by atoms with E-state index in [-0.39, 0.29) is 23.9 Å². The molecule has 1 atom stereocenters. The van der Waals surface area contributed by atoms with Crippen molar-refractivity contribution in [1.29, 1.82) is 0 Å². The summed E-state index contributed by atoms with van der Waals surface area (Å²) in [5.74, 6) is 0. The van der Waals surface area contributed by atoms with Crippen LogP contribution < -0.4 is 0 Å². The molecule has 1 N–H and O–H groups in total. The van der Waals surface area contributed by atoms with Crippen LogP contribution in [-0.2, 0) is 0 Å². The number of β-amino-alcohol motifs (C(OH)–C–C–N with tert-alkyl or cyclic N) is 1. The summed E-state index contributed by atoms with van der Waals surface area (Å²) in [4.78, 5) is 2.36. The Kier molecular flexibility index (Phi) is 5.26. The molecule has 0 bridgehead atoms. The van der Waals surface area contributed by atoms with Gasteiger partial charge in [0.25, 0.3) is 0 Å². The van der Waals surface area contributed by atoms with Gasteiger partial charge in [-0.15, -0.1) is 12.4 Å². The number of aliphatic hydroxyl groups is 1. The van der Waals surface area contributed by atoms with Crippen molar-refractivity contribution < 1.29 is 5.11 Å². The summed E-state index contributed by atoms with van der Waals surface area (Å²) in [6.45, 7) is 9.47. The molecule has 0 aromatic rings. The van der Waals surface area contributed by atoms with Gasteiger partial charge in [-0.3, -0.25) is 0 Å². The number of aliphatic hydroxyl groups excluding tert-OH is 1. The maximum Gasteiger partial charge on any atom is 0.0715 e. The highest BCUT2D eigenvalue weighted by Crippen LogP contribution is 2.21. The minimum atomic E-state index is -0.185. The molecule has 0 spiro atoms. The normalized spacial score (nSPS) is 21.2. The first kappa shape index (κ1) is 13.2. The lowest BCUT2D eigenvalue weighted by Crippen LogP contribution is -2.38. The van der Waals surface area contributed by atoms with Crippen molar-refractivity contribution in [1.82, 2.24) is 4.90 Å². The van der Waals surface area contributed by atoms with Gasteiger partial charge in [-0.25, -0.2) is 0 Å². The molecular formula is C10H22ClNO. The summed E-state index contributed by atoms with van der Waals surface area (Å²) in [6.07, 6.45) is 2.42. The van der Waals surface area contributed by atoms with Gasteiger partial charge in [-0.05, 0) is 31.3 Å². The van der Waals surface area contributed by atoms with Gasteiger partial charge >= 0.3 is 0 Å². The van der Waals surface area contributed by atoms with Gasteiger partial charge in [0.15, 0.2) is 0 Å². The first-order chi connectivity index (χ1) is 5.50. The third-order valence-electron chi connectivity index (χ3n) is 2.63. The Morgan fingerprint density at radius 1 is 1.23 bits per heavy atom. The molecule has 1 fully saturated rings. The maximum atomic E-state index is 9.80. The fourth-order valence-corrected chi connectivity index (χ4v) is 1.48. The minimum Gasteiger partial charge on any atom is -0.391 e. The van der Waals surface area contributed by atoms with E-state index in [9.17, 15) is 5.11 Å². The average Bonchev–Trinajstić information content (AvgIpc) is 2.37. The molecule has 0 aromatic heterocycles. The largest absolute Gasteiger partial charge is 0.391 e. The van der Waals surface area contributed by atoms with E-state index < -0.39 is 0 Å². The fraction of sp³-hybridized carbons (Fsp3) is 1.00. The first-order valence-corrected chi connectivity index (χ1v) is 4.90. The molecule has 1 aliphatic rings. The van der Waals surface area contributed by atoms with Crippen LogP contribution in [0.4, 0.5) is 0 Å². The van der Waals surface area contributed by atoms with E-state index in [0.717, 1.165) is 6.54 Å².